The van der Waals surface area contributed by atoms with E-state index in [1.165, 1.54) is 0 Å². The molecule has 0 spiro atoms. The SMILES string of the molecule is COCCNCCc1ncc(C2OCCC2C)o1. The summed E-state index contributed by atoms with van der Waals surface area (Å²) >= 11 is 0. The van der Waals surface area contributed by atoms with Crippen molar-refractivity contribution in [2.75, 3.05) is 33.4 Å². The number of oxazole rings is 1. The first kappa shape index (κ1) is 13.5. The minimum absolute atomic E-state index is 0.0905. The molecule has 18 heavy (non-hydrogen) atoms. The Morgan fingerprint density at radius 3 is 3.11 bits per heavy atom. The molecule has 1 aliphatic rings. The molecule has 1 fully saturated rings. The van der Waals surface area contributed by atoms with Gasteiger partial charge in [0.2, 0.25) is 0 Å². The van der Waals surface area contributed by atoms with Crippen molar-refractivity contribution in [2.45, 2.75) is 25.9 Å². The van der Waals surface area contributed by atoms with Crippen LogP contribution in [0.15, 0.2) is 10.6 Å². The number of rotatable bonds is 7. The van der Waals surface area contributed by atoms with Crippen LogP contribution in [-0.2, 0) is 15.9 Å². The highest BCUT2D eigenvalue weighted by Gasteiger charge is 2.28. The van der Waals surface area contributed by atoms with E-state index in [4.69, 9.17) is 13.9 Å². The van der Waals surface area contributed by atoms with Gasteiger partial charge < -0.3 is 19.2 Å². The predicted molar refractivity (Wildman–Crippen MR) is 67.4 cm³/mol. The van der Waals surface area contributed by atoms with Crippen LogP contribution in [0.2, 0.25) is 0 Å². The fourth-order valence-electron chi connectivity index (χ4n) is 2.13. The van der Waals surface area contributed by atoms with E-state index < -0.39 is 0 Å². The van der Waals surface area contributed by atoms with Crippen LogP contribution in [0.3, 0.4) is 0 Å². The second-order valence-corrected chi connectivity index (χ2v) is 4.71. The zero-order valence-electron chi connectivity index (χ0n) is 11.1. The van der Waals surface area contributed by atoms with Gasteiger partial charge in [0.05, 0.1) is 12.8 Å². The number of nitrogens with one attached hydrogen (secondary N) is 1. The molecule has 1 N–H and O–H groups in total. The minimum atomic E-state index is 0.0905. The standard InChI is InChI=1S/C13H22N2O3/c1-10-4-7-17-13(10)11-9-15-12(18-11)3-5-14-6-8-16-2/h9-10,13-14H,3-8H2,1-2H3. The van der Waals surface area contributed by atoms with Crippen molar-refractivity contribution in [1.82, 2.24) is 10.3 Å². The topological polar surface area (TPSA) is 56.5 Å². The lowest BCUT2D eigenvalue weighted by Gasteiger charge is -2.10. The van der Waals surface area contributed by atoms with E-state index in [9.17, 15) is 0 Å². The Kier molecular flexibility index (Phi) is 5.16. The first-order valence-electron chi connectivity index (χ1n) is 6.57. The van der Waals surface area contributed by atoms with Gasteiger partial charge in [-0.25, -0.2) is 4.98 Å². The van der Waals surface area contributed by atoms with Crippen LogP contribution in [-0.4, -0.2) is 38.4 Å². The van der Waals surface area contributed by atoms with Crippen LogP contribution in [0.25, 0.3) is 0 Å². The molecule has 5 heteroatoms. The van der Waals surface area contributed by atoms with Crippen molar-refractivity contribution in [3.8, 4) is 0 Å². The summed E-state index contributed by atoms with van der Waals surface area (Å²) in [6.45, 7) is 5.44. The number of nitrogens with zero attached hydrogens (tertiary/aromatic N) is 1. The van der Waals surface area contributed by atoms with Crippen LogP contribution in [0.5, 0.6) is 0 Å². The lowest BCUT2D eigenvalue weighted by Crippen LogP contribution is -2.21. The van der Waals surface area contributed by atoms with Crippen LogP contribution in [0.1, 0.15) is 31.1 Å². The summed E-state index contributed by atoms with van der Waals surface area (Å²) in [4.78, 5) is 4.30. The van der Waals surface area contributed by atoms with Gasteiger partial charge >= 0.3 is 0 Å². The van der Waals surface area contributed by atoms with E-state index in [1.54, 1.807) is 13.3 Å². The molecule has 0 radical (unpaired) electrons. The van der Waals surface area contributed by atoms with E-state index in [2.05, 4.69) is 17.2 Å². The molecule has 2 heterocycles. The van der Waals surface area contributed by atoms with E-state index in [0.717, 1.165) is 50.8 Å². The third-order valence-corrected chi connectivity index (χ3v) is 3.24. The summed E-state index contributed by atoms with van der Waals surface area (Å²) in [5.74, 6) is 2.16. The van der Waals surface area contributed by atoms with Crippen LogP contribution in [0, 0.1) is 5.92 Å². The molecule has 1 saturated heterocycles. The molecule has 0 aliphatic carbocycles. The lowest BCUT2D eigenvalue weighted by atomic mass is 10.0. The second kappa shape index (κ2) is 6.87. The summed E-state index contributed by atoms with van der Waals surface area (Å²) in [6.07, 6.45) is 3.79. The van der Waals surface area contributed by atoms with Gasteiger partial charge in [0.1, 0.15) is 6.10 Å². The molecule has 1 aromatic heterocycles. The fraction of sp³-hybridized carbons (Fsp3) is 0.769. The quantitative estimate of drug-likeness (QED) is 0.748. The Labute approximate surface area is 108 Å². The average Bonchev–Trinajstić information content (AvgIpc) is 2.97. The van der Waals surface area contributed by atoms with Crippen LogP contribution >= 0.6 is 0 Å². The zero-order chi connectivity index (χ0) is 12.8. The van der Waals surface area contributed by atoms with Gasteiger partial charge in [0.25, 0.3) is 0 Å². The molecule has 1 aliphatic heterocycles. The highest BCUT2D eigenvalue weighted by atomic mass is 16.5. The van der Waals surface area contributed by atoms with Gasteiger partial charge in [-0.1, -0.05) is 6.92 Å². The third-order valence-electron chi connectivity index (χ3n) is 3.24. The Balaban J connectivity index is 1.75. The second-order valence-electron chi connectivity index (χ2n) is 4.71. The monoisotopic (exact) mass is 254 g/mol. The number of hydrogen-bond donors (Lipinski definition) is 1. The van der Waals surface area contributed by atoms with Gasteiger partial charge in [-0.2, -0.15) is 0 Å². The molecule has 0 saturated carbocycles. The van der Waals surface area contributed by atoms with E-state index in [0.29, 0.717) is 5.92 Å². The molecular formula is C13H22N2O3. The molecule has 2 rings (SSSR count). The molecule has 0 amide bonds. The normalized spacial score (nSPS) is 23.7. The third kappa shape index (κ3) is 3.54. The largest absolute Gasteiger partial charge is 0.443 e. The summed E-state index contributed by atoms with van der Waals surface area (Å²) in [5.41, 5.74) is 0. The van der Waals surface area contributed by atoms with Crippen molar-refractivity contribution in [2.24, 2.45) is 5.92 Å². The maximum absolute atomic E-state index is 5.74. The average molecular weight is 254 g/mol. The van der Waals surface area contributed by atoms with Crippen molar-refractivity contribution < 1.29 is 13.9 Å². The number of hydrogen-bond acceptors (Lipinski definition) is 5. The maximum Gasteiger partial charge on any atom is 0.195 e. The molecule has 2 unspecified atom stereocenters. The van der Waals surface area contributed by atoms with E-state index in [1.807, 2.05) is 0 Å². The van der Waals surface area contributed by atoms with Crippen molar-refractivity contribution in [3.63, 3.8) is 0 Å². The van der Waals surface area contributed by atoms with Crippen LogP contribution in [0.4, 0.5) is 0 Å². The lowest BCUT2D eigenvalue weighted by molar-refractivity contribution is 0.0749. The predicted octanol–water partition coefficient (Wildman–Crippen LogP) is 1.55. The first-order chi connectivity index (χ1) is 8.81. The number of methoxy groups -OCH3 is 1. The molecule has 1 aromatic rings. The van der Waals surface area contributed by atoms with Crippen LogP contribution < -0.4 is 5.32 Å². The van der Waals surface area contributed by atoms with Gasteiger partial charge in [-0.3, -0.25) is 0 Å². The highest BCUT2D eigenvalue weighted by molar-refractivity contribution is 5.01. The number of aromatic nitrogens is 1. The summed E-state index contributed by atoms with van der Waals surface area (Å²) in [6, 6.07) is 0. The molecule has 5 nitrogen and oxygen atoms in total. The Hall–Kier alpha value is -0.910. The summed E-state index contributed by atoms with van der Waals surface area (Å²) < 4.78 is 16.4. The Bertz CT molecular complexity index is 354. The number of ether oxygens (including phenoxy) is 2. The van der Waals surface area contributed by atoms with E-state index in [-0.39, 0.29) is 6.10 Å². The molecule has 0 bridgehead atoms. The van der Waals surface area contributed by atoms with Crippen molar-refractivity contribution in [3.05, 3.63) is 17.8 Å². The first-order valence-corrected chi connectivity index (χ1v) is 6.57. The molecular weight excluding hydrogens is 232 g/mol. The molecule has 102 valence electrons. The fourth-order valence-corrected chi connectivity index (χ4v) is 2.13. The van der Waals surface area contributed by atoms with Gasteiger partial charge in [-0.15, -0.1) is 0 Å². The van der Waals surface area contributed by atoms with Crippen molar-refractivity contribution in [1.29, 1.82) is 0 Å². The van der Waals surface area contributed by atoms with Gasteiger partial charge in [0, 0.05) is 33.2 Å². The Morgan fingerprint density at radius 2 is 2.39 bits per heavy atom. The van der Waals surface area contributed by atoms with Gasteiger partial charge in [0.15, 0.2) is 11.7 Å². The molecule has 0 aromatic carbocycles. The summed E-state index contributed by atoms with van der Waals surface area (Å²) in [7, 11) is 1.70. The summed E-state index contributed by atoms with van der Waals surface area (Å²) in [5, 5.41) is 3.27. The minimum Gasteiger partial charge on any atom is -0.443 e. The van der Waals surface area contributed by atoms with Gasteiger partial charge in [-0.05, 0) is 12.3 Å². The Morgan fingerprint density at radius 1 is 1.50 bits per heavy atom. The van der Waals surface area contributed by atoms with Crippen molar-refractivity contribution >= 4 is 0 Å². The smallest absolute Gasteiger partial charge is 0.195 e. The highest BCUT2D eigenvalue weighted by Crippen LogP contribution is 2.34. The maximum atomic E-state index is 5.74. The van der Waals surface area contributed by atoms with E-state index >= 15 is 0 Å². The zero-order valence-corrected chi connectivity index (χ0v) is 11.1. The molecule has 2 atom stereocenters.